The lowest BCUT2D eigenvalue weighted by Crippen LogP contribution is -2.32. The Labute approximate surface area is 113 Å². The Kier molecular flexibility index (Phi) is 5.30. The van der Waals surface area contributed by atoms with E-state index in [1.165, 1.54) is 6.07 Å². The van der Waals surface area contributed by atoms with Gasteiger partial charge in [-0.05, 0) is 31.2 Å². The summed E-state index contributed by atoms with van der Waals surface area (Å²) in [4.78, 5) is 10.5. The van der Waals surface area contributed by atoms with Crippen molar-refractivity contribution in [1.82, 2.24) is 0 Å². The first-order valence-electron chi connectivity index (χ1n) is 6.43. The Hall–Kier alpha value is -1.62. The number of nitro groups is 1. The van der Waals surface area contributed by atoms with Crippen LogP contribution in [0.4, 0.5) is 5.69 Å². The summed E-state index contributed by atoms with van der Waals surface area (Å²) < 4.78 is 5.28. The molecular formula is C14H22N2O3. The van der Waals surface area contributed by atoms with Crippen molar-refractivity contribution in [3.63, 3.8) is 0 Å². The first-order chi connectivity index (χ1) is 8.86. The Morgan fingerprint density at radius 1 is 1.37 bits per heavy atom. The summed E-state index contributed by atoms with van der Waals surface area (Å²) in [5.41, 5.74) is 6.93. The lowest BCUT2D eigenvalue weighted by molar-refractivity contribution is -0.384. The highest BCUT2D eigenvalue weighted by molar-refractivity contribution is 5.44. The van der Waals surface area contributed by atoms with E-state index in [1.54, 1.807) is 19.2 Å². The zero-order valence-electron chi connectivity index (χ0n) is 11.9. The van der Waals surface area contributed by atoms with Gasteiger partial charge in [-0.3, -0.25) is 10.1 Å². The third kappa shape index (κ3) is 3.92. The molecule has 0 spiro atoms. The highest BCUT2D eigenvalue weighted by atomic mass is 16.6. The smallest absolute Gasteiger partial charge is 0.269 e. The molecule has 5 heteroatoms. The van der Waals surface area contributed by atoms with Crippen LogP contribution in [0.2, 0.25) is 0 Å². The highest BCUT2D eigenvalue weighted by Crippen LogP contribution is 2.29. The number of benzene rings is 1. The van der Waals surface area contributed by atoms with Crippen LogP contribution in [0, 0.1) is 22.0 Å². The molecule has 1 aromatic rings. The summed E-state index contributed by atoms with van der Waals surface area (Å²) in [6, 6.07) is 4.71. The monoisotopic (exact) mass is 266 g/mol. The fraction of sp³-hybridized carbons (Fsp3) is 0.571. The number of nitro benzene ring substituents is 1. The Morgan fingerprint density at radius 3 is 2.42 bits per heavy atom. The molecule has 106 valence electrons. The van der Waals surface area contributed by atoms with Crippen LogP contribution in [0.15, 0.2) is 18.2 Å². The van der Waals surface area contributed by atoms with E-state index >= 15 is 0 Å². The van der Waals surface area contributed by atoms with Crippen molar-refractivity contribution in [2.45, 2.75) is 33.2 Å². The van der Waals surface area contributed by atoms with E-state index in [0.717, 1.165) is 5.56 Å². The van der Waals surface area contributed by atoms with E-state index in [2.05, 4.69) is 13.8 Å². The molecule has 1 aromatic carbocycles. The van der Waals surface area contributed by atoms with Crippen LogP contribution < -0.4 is 10.5 Å². The van der Waals surface area contributed by atoms with Gasteiger partial charge in [0.05, 0.1) is 12.0 Å². The van der Waals surface area contributed by atoms with E-state index in [0.29, 0.717) is 18.1 Å². The predicted molar refractivity (Wildman–Crippen MR) is 75.3 cm³/mol. The highest BCUT2D eigenvalue weighted by Gasteiger charge is 2.21. The maximum Gasteiger partial charge on any atom is 0.269 e. The summed E-state index contributed by atoms with van der Waals surface area (Å²) in [5.74, 6) is 1.34. The minimum absolute atomic E-state index is 0.0315. The van der Waals surface area contributed by atoms with E-state index < -0.39 is 0 Å². The van der Waals surface area contributed by atoms with E-state index in [-0.39, 0.29) is 22.6 Å². The number of nitrogens with zero attached hydrogens (tertiary/aromatic N) is 1. The molecule has 0 aliphatic heterocycles. The largest absolute Gasteiger partial charge is 0.496 e. The summed E-state index contributed by atoms with van der Waals surface area (Å²) >= 11 is 0. The zero-order valence-corrected chi connectivity index (χ0v) is 11.9. The van der Waals surface area contributed by atoms with Gasteiger partial charge in [0.25, 0.3) is 5.69 Å². The fourth-order valence-electron chi connectivity index (χ4n) is 2.32. The van der Waals surface area contributed by atoms with Gasteiger partial charge in [0.15, 0.2) is 0 Å². The van der Waals surface area contributed by atoms with Crippen LogP contribution in [0.25, 0.3) is 0 Å². The number of ether oxygens (including phenoxy) is 1. The second-order valence-corrected chi connectivity index (χ2v) is 5.22. The SMILES string of the molecule is COc1ccc([N+](=O)[O-])cc1CC(C(C)C)C(C)N. The van der Waals surface area contributed by atoms with Crippen LogP contribution in [0.3, 0.4) is 0 Å². The third-order valence-corrected chi connectivity index (χ3v) is 3.46. The van der Waals surface area contributed by atoms with Gasteiger partial charge in [-0.1, -0.05) is 13.8 Å². The van der Waals surface area contributed by atoms with Gasteiger partial charge >= 0.3 is 0 Å². The first kappa shape index (κ1) is 15.4. The number of hydrogen-bond donors (Lipinski definition) is 1. The number of hydrogen-bond acceptors (Lipinski definition) is 4. The maximum absolute atomic E-state index is 10.8. The third-order valence-electron chi connectivity index (χ3n) is 3.46. The van der Waals surface area contributed by atoms with Gasteiger partial charge in [-0.15, -0.1) is 0 Å². The molecular weight excluding hydrogens is 244 g/mol. The van der Waals surface area contributed by atoms with Gasteiger partial charge < -0.3 is 10.5 Å². The Morgan fingerprint density at radius 2 is 2.00 bits per heavy atom. The lowest BCUT2D eigenvalue weighted by Gasteiger charge is -2.25. The molecule has 19 heavy (non-hydrogen) atoms. The van der Waals surface area contributed by atoms with Crippen molar-refractivity contribution < 1.29 is 9.66 Å². The molecule has 0 aliphatic carbocycles. The van der Waals surface area contributed by atoms with E-state index in [4.69, 9.17) is 10.5 Å². The second kappa shape index (κ2) is 6.52. The molecule has 0 aromatic heterocycles. The fourth-order valence-corrected chi connectivity index (χ4v) is 2.32. The van der Waals surface area contributed by atoms with Crippen LogP contribution in [0.5, 0.6) is 5.75 Å². The molecule has 1 rings (SSSR count). The summed E-state index contributed by atoms with van der Waals surface area (Å²) in [7, 11) is 1.57. The topological polar surface area (TPSA) is 78.4 Å². The van der Waals surface area contributed by atoms with Crippen molar-refractivity contribution in [2.24, 2.45) is 17.6 Å². The average molecular weight is 266 g/mol. The van der Waals surface area contributed by atoms with E-state index in [1.807, 2.05) is 6.92 Å². The number of nitrogens with two attached hydrogens (primary N) is 1. The van der Waals surface area contributed by atoms with Gasteiger partial charge in [-0.25, -0.2) is 0 Å². The van der Waals surface area contributed by atoms with Crippen LogP contribution >= 0.6 is 0 Å². The van der Waals surface area contributed by atoms with E-state index in [9.17, 15) is 10.1 Å². The molecule has 0 fully saturated rings. The van der Waals surface area contributed by atoms with Gasteiger partial charge in [0.2, 0.25) is 0 Å². The normalized spacial score (nSPS) is 14.2. The first-order valence-corrected chi connectivity index (χ1v) is 6.43. The van der Waals surface area contributed by atoms with Gasteiger partial charge in [-0.2, -0.15) is 0 Å². The molecule has 0 aliphatic rings. The quantitative estimate of drug-likeness (QED) is 0.634. The summed E-state index contributed by atoms with van der Waals surface area (Å²) in [6.07, 6.45) is 0.681. The number of methoxy groups -OCH3 is 1. The van der Waals surface area contributed by atoms with Crippen molar-refractivity contribution >= 4 is 5.69 Å². The zero-order chi connectivity index (χ0) is 14.6. The minimum Gasteiger partial charge on any atom is -0.496 e. The molecule has 0 saturated heterocycles. The Bertz CT molecular complexity index is 436. The standard InChI is InChI=1S/C14H22N2O3/c1-9(2)13(10(3)15)8-11-7-12(16(17)18)5-6-14(11)19-4/h5-7,9-10,13H,8,15H2,1-4H3. The average Bonchev–Trinajstić information content (AvgIpc) is 2.34. The summed E-state index contributed by atoms with van der Waals surface area (Å²) in [5, 5.41) is 10.8. The van der Waals surface area contributed by atoms with Crippen molar-refractivity contribution in [3.05, 3.63) is 33.9 Å². The van der Waals surface area contributed by atoms with Crippen LogP contribution in [0.1, 0.15) is 26.3 Å². The van der Waals surface area contributed by atoms with Crippen LogP contribution in [-0.2, 0) is 6.42 Å². The molecule has 2 atom stereocenters. The summed E-state index contributed by atoms with van der Waals surface area (Å²) in [6.45, 7) is 6.18. The van der Waals surface area contributed by atoms with Crippen LogP contribution in [-0.4, -0.2) is 18.1 Å². The van der Waals surface area contributed by atoms with Gasteiger partial charge in [0, 0.05) is 23.7 Å². The molecule has 5 nitrogen and oxygen atoms in total. The molecule has 2 unspecified atom stereocenters. The molecule has 0 amide bonds. The molecule has 0 radical (unpaired) electrons. The molecule has 0 bridgehead atoms. The second-order valence-electron chi connectivity index (χ2n) is 5.22. The lowest BCUT2D eigenvalue weighted by atomic mass is 9.84. The minimum atomic E-state index is -0.390. The van der Waals surface area contributed by atoms with Crippen molar-refractivity contribution in [1.29, 1.82) is 0 Å². The maximum atomic E-state index is 10.8. The van der Waals surface area contributed by atoms with Gasteiger partial charge in [0.1, 0.15) is 5.75 Å². The molecule has 0 saturated carbocycles. The number of rotatable bonds is 6. The Balaban J connectivity index is 3.09. The predicted octanol–water partition coefficient (Wildman–Crippen LogP) is 2.77. The van der Waals surface area contributed by atoms with Crippen molar-refractivity contribution in [3.8, 4) is 5.75 Å². The molecule has 2 N–H and O–H groups in total. The number of non-ortho nitro benzene ring substituents is 1. The van der Waals surface area contributed by atoms with Crippen molar-refractivity contribution in [2.75, 3.05) is 7.11 Å². The molecule has 0 heterocycles.